The number of nitrogens with two attached hydrogens (primary N) is 1. The average Bonchev–Trinajstić information content (AvgIpc) is 2.84. The van der Waals surface area contributed by atoms with Crippen molar-refractivity contribution >= 4 is 17.3 Å². The van der Waals surface area contributed by atoms with Crippen molar-refractivity contribution in [1.82, 2.24) is 9.80 Å². The van der Waals surface area contributed by atoms with Crippen molar-refractivity contribution in [1.29, 1.82) is 0 Å². The third-order valence-corrected chi connectivity index (χ3v) is 7.36. The van der Waals surface area contributed by atoms with E-state index in [1.807, 2.05) is 57.0 Å². The molecule has 198 valence electrons. The number of aryl methyl sites for hydroxylation is 1. The predicted octanol–water partition coefficient (Wildman–Crippen LogP) is 4.12. The van der Waals surface area contributed by atoms with Crippen LogP contribution in [0.25, 0.3) is 0 Å². The van der Waals surface area contributed by atoms with Gasteiger partial charge in [-0.15, -0.1) is 0 Å². The topological polar surface area (TPSA) is 91.1 Å². The number of likely N-dealkylation sites (N-methyl/N-ethyl adjacent to an activating group) is 1. The molecule has 1 amide bonds. The number of hydrogen-bond acceptors (Lipinski definition) is 6. The Bertz CT molecular complexity index is 1030. The first-order valence-electron chi connectivity index (χ1n) is 13.1. The molecule has 3 rings (SSSR count). The molecule has 1 atom stereocenters. The number of rotatable bonds is 10. The molecule has 1 unspecified atom stereocenters. The molecule has 7 heteroatoms. The number of β-amino-alcohol motifs (C(OH)–C–C–N with tert-alkyl or cyclic N) is 1. The summed E-state index contributed by atoms with van der Waals surface area (Å²) in [6.45, 7) is 12.5. The Morgan fingerprint density at radius 2 is 1.86 bits per heavy atom. The van der Waals surface area contributed by atoms with Gasteiger partial charge in [-0.3, -0.25) is 9.69 Å². The number of para-hydroxylation sites is 1. The fraction of sp³-hybridized carbons (Fsp3) is 0.552. The van der Waals surface area contributed by atoms with Gasteiger partial charge in [0.25, 0.3) is 5.91 Å². The van der Waals surface area contributed by atoms with Crippen LogP contribution in [0.2, 0.25) is 0 Å². The highest BCUT2D eigenvalue weighted by molar-refractivity contribution is 5.78. The number of anilines is 2. The first-order chi connectivity index (χ1) is 17.1. The molecular weight excluding hydrogens is 452 g/mol. The molecule has 1 fully saturated rings. The normalized spacial score (nSPS) is 15.7. The van der Waals surface area contributed by atoms with Crippen molar-refractivity contribution in [2.45, 2.75) is 66.2 Å². The molecule has 1 heterocycles. The highest BCUT2D eigenvalue weighted by Gasteiger charge is 2.27. The maximum Gasteiger partial charge on any atom is 0.260 e. The zero-order chi connectivity index (χ0) is 26.4. The summed E-state index contributed by atoms with van der Waals surface area (Å²) in [5.74, 6) is 1.24. The van der Waals surface area contributed by atoms with Gasteiger partial charge in [-0.25, -0.2) is 0 Å². The van der Waals surface area contributed by atoms with E-state index in [9.17, 15) is 9.90 Å². The molecule has 36 heavy (non-hydrogen) atoms. The molecule has 0 bridgehead atoms. The summed E-state index contributed by atoms with van der Waals surface area (Å²) in [6.07, 6.45) is 2.08. The minimum atomic E-state index is -0.641. The van der Waals surface area contributed by atoms with Crippen molar-refractivity contribution in [3.63, 3.8) is 0 Å². The van der Waals surface area contributed by atoms with Crippen LogP contribution in [0.1, 0.15) is 48.9 Å². The summed E-state index contributed by atoms with van der Waals surface area (Å²) in [7, 11) is 1.86. The first-order valence-corrected chi connectivity index (χ1v) is 13.1. The highest BCUT2D eigenvalue weighted by atomic mass is 16.5. The van der Waals surface area contributed by atoms with E-state index in [-0.39, 0.29) is 18.6 Å². The minimum absolute atomic E-state index is 0.0127. The molecule has 0 saturated carbocycles. The van der Waals surface area contributed by atoms with Crippen LogP contribution in [-0.4, -0.2) is 66.4 Å². The Morgan fingerprint density at radius 1 is 1.19 bits per heavy atom. The zero-order valence-electron chi connectivity index (χ0n) is 22.8. The Balaban J connectivity index is 1.46. The molecule has 1 aliphatic heterocycles. The van der Waals surface area contributed by atoms with E-state index in [1.54, 1.807) is 0 Å². The molecule has 0 aromatic heterocycles. The Labute approximate surface area is 216 Å². The monoisotopic (exact) mass is 496 g/mol. The lowest BCUT2D eigenvalue weighted by molar-refractivity contribution is -0.135. The van der Waals surface area contributed by atoms with Crippen molar-refractivity contribution in [3.8, 4) is 5.75 Å². The van der Waals surface area contributed by atoms with E-state index in [0.717, 1.165) is 60.4 Å². The Kier molecular flexibility index (Phi) is 9.63. The maximum atomic E-state index is 12.8. The minimum Gasteiger partial charge on any atom is -0.483 e. The van der Waals surface area contributed by atoms with Gasteiger partial charge in [0.15, 0.2) is 6.61 Å². The number of amides is 1. The third-order valence-electron chi connectivity index (χ3n) is 7.36. The van der Waals surface area contributed by atoms with Crippen molar-refractivity contribution < 1.29 is 14.6 Å². The molecule has 2 aromatic rings. The standard InChI is InChI=1S/C29H44N4O3/c1-19(2)15-23-9-7-8-10-25(23)31-27(34)17-33-13-11-24(12-14-33)32(6)28(35)18-36-26-16-20(3)29(30)22(5)21(26)4/h7-10,16,19,24,27,31,34H,11-15,17-18,30H2,1-6H3. The first kappa shape index (κ1) is 27.8. The lowest BCUT2D eigenvalue weighted by Gasteiger charge is -2.37. The lowest BCUT2D eigenvalue weighted by Crippen LogP contribution is -2.49. The zero-order valence-corrected chi connectivity index (χ0v) is 22.8. The summed E-state index contributed by atoms with van der Waals surface area (Å²) in [5.41, 5.74) is 12.0. The number of ether oxygens (including phenoxy) is 1. The fourth-order valence-electron chi connectivity index (χ4n) is 4.90. The molecule has 2 aromatic carbocycles. The second kappa shape index (κ2) is 12.5. The number of nitrogens with one attached hydrogen (secondary N) is 1. The summed E-state index contributed by atoms with van der Waals surface area (Å²) in [4.78, 5) is 16.9. The summed E-state index contributed by atoms with van der Waals surface area (Å²) in [5, 5.41) is 14.0. The van der Waals surface area contributed by atoms with Crippen LogP contribution in [0, 0.1) is 26.7 Å². The van der Waals surface area contributed by atoms with Gasteiger partial charge in [-0.2, -0.15) is 0 Å². The van der Waals surface area contributed by atoms with Gasteiger partial charge in [-0.05, 0) is 80.3 Å². The van der Waals surface area contributed by atoms with Gasteiger partial charge in [0.2, 0.25) is 0 Å². The number of nitrogens with zero attached hydrogens (tertiary/aromatic N) is 2. The lowest BCUT2D eigenvalue weighted by atomic mass is 10.0. The van der Waals surface area contributed by atoms with Crippen LogP contribution >= 0.6 is 0 Å². The molecule has 1 saturated heterocycles. The summed E-state index contributed by atoms with van der Waals surface area (Å²) in [6, 6.07) is 10.3. The smallest absolute Gasteiger partial charge is 0.260 e. The van der Waals surface area contributed by atoms with Gasteiger partial charge < -0.3 is 25.8 Å². The second-order valence-electron chi connectivity index (χ2n) is 10.6. The van der Waals surface area contributed by atoms with Crippen LogP contribution in [0.15, 0.2) is 30.3 Å². The van der Waals surface area contributed by atoms with Crippen LogP contribution in [-0.2, 0) is 11.2 Å². The van der Waals surface area contributed by atoms with E-state index in [1.165, 1.54) is 5.56 Å². The van der Waals surface area contributed by atoms with E-state index >= 15 is 0 Å². The van der Waals surface area contributed by atoms with Gasteiger partial charge in [-0.1, -0.05) is 32.0 Å². The number of aliphatic hydroxyl groups is 1. The number of benzene rings is 2. The van der Waals surface area contributed by atoms with Crippen molar-refractivity contribution in [2.24, 2.45) is 5.92 Å². The van der Waals surface area contributed by atoms with E-state index < -0.39 is 6.23 Å². The molecule has 7 nitrogen and oxygen atoms in total. The molecule has 0 spiro atoms. The van der Waals surface area contributed by atoms with Crippen LogP contribution in [0.3, 0.4) is 0 Å². The average molecular weight is 497 g/mol. The predicted molar refractivity (Wildman–Crippen MR) is 147 cm³/mol. The fourth-order valence-corrected chi connectivity index (χ4v) is 4.90. The number of hydrogen-bond donors (Lipinski definition) is 3. The number of carbonyl (C=O) groups is 1. The quantitative estimate of drug-likeness (QED) is 0.339. The van der Waals surface area contributed by atoms with Crippen molar-refractivity contribution in [2.75, 3.05) is 44.3 Å². The highest BCUT2D eigenvalue weighted by Crippen LogP contribution is 2.29. The number of carbonyl (C=O) groups excluding carboxylic acids is 1. The van der Waals surface area contributed by atoms with Crippen molar-refractivity contribution in [3.05, 3.63) is 52.6 Å². The van der Waals surface area contributed by atoms with Gasteiger partial charge >= 0.3 is 0 Å². The van der Waals surface area contributed by atoms with E-state index in [2.05, 4.69) is 30.1 Å². The van der Waals surface area contributed by atoms with E-state index in [0.29, 0.717) is 18.2 Å². The molecular formula is C29H44N4O3. The maximum absolute atomic E-state index is 12.8. The molecule has 0 aliphatic carbocycles. The van der Waals surface area contributed by atoms with Gasteiger partial charge in [0.1, 0.15) is 12.0 Å². The van der Waals surface area contributed by atoms with Gasteiger partial charge in [0, 0.05) is 44.1 Å². The summed E-state index contributed by atoms with van der Waals surface area (Å²) >= 11 is 0. The Hall–Kier alpha value is -2.77. The van der Waals surface area contributed by atoms with E-state index in [4.69, 9.17) is 10.5 Å². The third kappa shape index (κ3) is 7.14. The molecule has 0 radical (unpaired) electrons. The number of nitrogen functional groups attached to an aromatic ring is 1. The second-order valence-corrected chi connectivity index (χ2v) is 10.6. The molecule has 1 aliphatic rings. The van der Waals surface area contributed by atoms with Crippen LogP contribution in [0.5, 0.6) is 5.75 Å². The largest absolute Gasteiger partial charge is 0.483 e. The van der Waals surface area contributed by atoms with Crippen LogP contribution < -0.4 is 15.8 Å². The SMILES string of the molecule is Cc1cc(OCC(=O)N(C)C2CCN(CC(O)Nc3ccccc3CC(C)C)CC2)c(C)c(C)c1N. The number of likely N-dealkylation sites (tertiary alicyclic amines) is 1. The number of aliphatic hydroxyl groups excluding tert-OH is 1. The van der Waals surface area contributed by atoms with Gasteiger partial charge in [0.05, 0.1) is 0 Å². The summed E-state index contributed by atoms with van der Waals surface area (Å²) < 4.78 is 5.89. The molecule has 4 N–H and O–H groups in total. The Morgan fingerprint density at radius 3 is 2.53 bits per heavy atom. The number of piperidine rings is 1. The van der Waals surface area contributed by atoms with Crippen LogP contribution in [0.4, 0.5) is 11.4 Å².